The van der Waals surface area contributed by atoms with E-state index >= 15 is 0 Å². The van der Waals surface area contributed by atoms with Gasteiger partial charge < -0.3 is 84.6 Å². The molecule has 0 aromatic rings. The van der Waals surface area contributed by atoms with Gasteiger partial charge in [-0.25, -0.2) is 0 Å². The molecule has 4 saturated carbocycles. The number of aliphatic hydroxyl groups is 11. The van der Waals surface area contributed by atoms with E-state index in [1.54, 1.807) is 0 Å². The van der Waals surface area contributed by atoms with Gasteiger partial charge in [0.25, 0.3) is 0 Å². The summed E-state index contributed by atoms with van der Waals surface area (Å²) in [6.07, 6.45) is -13.9. The van der Waals surface area contributed by atoms with Crippen molar-refractivity contribution >= 4 is 0 Å². The zero-order chi connectivity index (χ0) is 47.1. The molecule has 17 heteroatoms. The molecular weight excluding hydrogens is 836 g/mol. The molecule has 3 saturated heterocycles. The van der Waals surface area contributed by atoms with E-state index in [0.29, 0.717) is 19.3 Å². The SMILES string of the molecule is CC(C)=CCC[C@](C)(O)[C@H]1CC[C@]2(C)[C@@H]1[C@H](O)C[C@@H]1[C@@]3(C)CC[C@H](O[C@@H]4O[C@H](CO[C@@H]5OC[C@@H](O)[C@H](O)[C@H]5O)[C@@H](O)[C@H](O)[C@H]4O[C@@H]4O[C@H](CO)[C@@H](O)[C@H](O)[C@H]4O)C(C)(C)[C@@H]3CC[C@]12C. The summed E-state index contributed by atoms with van der Waals surface area (Å²) in [7, 11) is 0. The average Bonchev–Trinajstić information content (AvgIpc) is 3.62. The number of allylic oxidation sites excluding steroid dienone is 2. The number of hydrogen-bond acceptors (Lipinski definition) is 17. The van der Waals surface area contributed by atoms with Crippen LogP contribution in [0.1, 0.15) is 113 Å². The summed E-state index contributed by atoms with van der Waals surface area (Å²) in [5.74, 6) is 0.241. The van der Waals surface area contributed by atoms with Crippen LogP contribution in [0.4, 0.5) is 0 Å². The summed E-state index contributed by atoms with van der Waals surface area (Å²) in [6.45, 7) is 16.1. The maximum Gasteiger partial charge on any atom is 0.187 e. The number of rotatable bonds is 12. The largest absolute Gasteiger partial charge is 0.394 e. The molecule has 0 aromatic carbocycles. The molecule has 24 atom stereocenters. The molecule has 3 aliphatic heterocycles. The normalized spacial score (nSPS) is 52.5. The first-order chi connectivity index (χ1) is 29.8. The zero-order valence-corrected chi connectivity index (χ0v) is 39.0. The molecule has 11 N–H and O–H groups in total. The highest BCUT2D eigenvalue weighted by atomic mass is 16.8. The summed E-state index contributed by atoms with van der Waals surface area (Å²) in [6, 6.07) is 0. The van der Waals surface area contributed by atoms with Crippen molar-refractivity contribution < 1.29 is 84.6 Å². The highest BCUT2D eigenvalue weighted by Crippen LogP contribution is 2.76. The van der Waals surface area contributed by atoms with Crippen LogP contribution in [0.15, 0.2) is 11.6 Å². The molecule has 7 rings (SSSR count). The van der Waals surface area contributed by atoms with Crippen LogP contribution in [0.2, 0.25) is 0 Å². The van der Waals surface area contributed by atoms with E-state index in [-0.39, 0.29) is 46.5 Å². The van der Waals surface area contributed by atoms with E-state index in [4.69, 9.17) is 28.4 Å². The van der Waals surface area contributed by atoms with Crippen LogP contribution in [0.25, 0.3) is 0 Å². The van der Waals surface area contributed by atoms with Crippen molar-refractivity contribution in [1.82, 2.24) is 0 Å². The molecule has 0 aromatic heterocycles. The van der Waals surface area contributed by atoms with Gasteiger partial charge in [0.15, 0.2) is 18.9 Å². The van der Waals surface area contributed by atoms with Gasteiger partial charge in [-0.05, 0) is 124 Å². The molecule has 0 radical (unpaired) electrons. The Morgan fingerprint density at radius 3 is 2.00 bits per heavy atom. The van der Waals surface area contributed by atoms with Crippen molar-refractivity contribution in [2.75, 3.05) is 19.8 Å². The minimum atomic E-state index is -1.82. The van der Waals surface area contributed by atoms with Crippen molar-refractivity contribution in [3.63, 3.8) is 0 Å². The Labute approximate surface area is 377 Å². The lowest BCUT2D eigenvalue weighted by molar-refractivity contribution is -0.382. The fourth-order valence-corrected chi connectivity index (χ4v) is 14.4. The predicted octanol–water partition coefficient (Wildman–Crippen LogP) is 0.612. The first kappa shape index (κ1) is 50.9. The summed E-state index contributed by atoms with van der Waals surface area (Å²) in [5.41, 5.74) is -0.714. The molecule has 0 unspecified atom stereocenters. The van der Waals surface area contributed by atoms with Crippen LogP contribution in [-0.4, -0.2) is 180 Å². The minimum absolute atomic E-state index is 0.0153. The van der Waals surface area contributed by atoms with E-state index in [1.807, 2.05) is 6.92 Å². The third kappa shape index (κ3) is 8.71. The maximum atomic E-state index is 12.3. The van der Waals surface area contributed by atoms with Gasteiger partial charge in [0, 0.05) is 0 Å². The quantitative estimate of drug-likeness (QED) is 0.0946. The van der Waals surface area contributed by atoms with Gasteiger partial charge in [-0.15, -0.1) is 0 Å². The third-order valence-electron chi connectivity index (χ3n) is 18.3. The van der Waals surface area contributed by atoms with Crippen LogP contribution >= 0.6 is 0 Å². The van der Waals surface area contributed by atoms with Crippen LogP contribution in [-0.2, 0) is 28.4 Å². The second-order valence-corrected chi connectivity index (χ2v) is 22.5. The Bertz CT molecular complexity index is 1620. The van der Waals surface area contributed by atoms with Gasteiger partial charge >= 0.3 is 0 Å². The lowest BCUT2D eigenvalue weighted by atomic mass is 9.35. The Morgan fingerprint density at radius 2 is 1.33 bits per heavy atom. The molecule has 7 fully saturated rings. The molecule has 64 heavy (non-hydrogen) atoms. The van der Waals surface area contributed by atoms with E-state index in [9.17, 15) is 56.2 Å². The van der Waals surface area contributed by atoms with Crippen molar-refractivity contribution in [1.29, 1.82) is 0 Å². The average molecular weight is 917 g/mol. The lowest BCUT2D eigenvalue weighted by Gasteiger charge is -2.70. The Balaban J connectivity index is 1.12. The highest BCUT2D eigenvalue weighted by Gasteiger charge is 2.71. The second kappa shape index (κ2) is 18.8. The number of aliphatic hydroxyl groups excluding tert-OH is 10. The standard InChI is InChI=1S/C47H80O17/c1-22(2)10-9-14-47(8,58)23-11-16-46(7)31(23)24(49)18-29-44(5)15-13-30(43(3,4)28(44)12-17-45(29,46)6)63-42-39(64-41-38(57)35(54)33(52)26(19-48)61-41)36(55)34(53)27(62-42)21-60-40-37(56)32(51)25(50)20-59-40/h10,23-42,48-58H,9,11-21H2,1-8H3/t23-,24+,25+,26+,27+,28-,29+,30-,31-,32-,33+,34+,35-,36-,37+,38+,39+,40-,41-,42-,44-,45+,46+,47-/m0/s1. The van der Waals surface area contributed by atoms with Crippen molar-refractivity contribution in [3.8, 4) is 0 Å². The van der Waals surface area contributed by atoms with Gasteiger partial charge in [0.05, 0.1) is 37.6 Å². The molecule has 3 heterocycles. The zero-order valence-electron chi connectivity index (χ0n) is 39.0. The van der Waals surface area contributed by atoms with E-state index in [1.165, 1.54) is 5.57 Å². The molecule has 0 bridgehead atoms. The summed E-state index contributed by atoms with van der Waals surface area (Å²) < 4.78 is 36.1. The monoisotopic (exact) mass is 917 g/mol. The smallest absolute Gasteiger partial charge is 0.187 e. The van der Waals surface area contributed by atoms with E-state index in [2.05, 4.69) is 54.5 Å². The van der Waals surface area contributed by atoms with Crippen LogP contribution in [0, 0.1) is 45.3 Å². The van der Waals surface area contributed by atoms with Gasteiger partial charge in [-0.1, -0.05) is 46.3 Å². The van der Waals surface area contributed by atoms with Gasteiger partial charge in [0.2, 0.25) is 0 Å². The fraction of sp³-hybridized carbons (Fsp3) is 0.957. The van der Waals surface area contributed by atoms with Gasteiger partial charge in [-0.3, -0.25) is 0 Å². The second-order valence-electron chi connectivity index (χ2n) is 22.5. The molecule has 370 valence electrons. The van der Waals surface area contributed by atoms with Crippen molar-refractivity contribution in [2.24, 2.45) is 45.3 Å². The lowest BCUT2D eigenvalue weighted by Crippen LogP contribution is -2.68. The highest BCUT2D eigenvalue weighted by molar-refractivity contribution is 5.20. The predicted molar refractivity (Wildman–Crippen MR) is 228 cm³/mol. The molecular formula is C47H80O17. The number of fused-ring (bicyclic) bond motifs is 5. The Hall–Kier alpha value is -0.940. The minimum Gasteiger partial charge on any atom is -0.394 e. The molecule has 4 aliphatic carbocycles. The van der Waals surface area contributed by atoms with Crippen LogP contribution in [0.5, 0.6) is 0 Å². The number of ether oxygens (including phenoxy) is 6. The molecule has 17 nitrogen and oxygen atoms in total. The van der Waals surface area contributed by atoms with Crippen LogP contribution in [0.3, 0.4) is 0 Å². The number of hydrogen-bond donors (Lipinski definition) is 11. The van der Waals surface area contributed by atoms with E-state index in [0.717, 1.165) is 38.5 Å². The molecule has 0 spiro atoms. The van der Waals surface area contributed by atoms with Crippen molar-refractivity contribution in [3.05, 3.63) is 11.6 Å². The Morgan fingerprint density at radius 1 is 0.688 bits per heavy atom. The molecule has 0 amide bonds. The van der Waals surface area contributed by atoms with Crippen LogP contribution < -0.4 is 0 Å². The van der Waals surface area contributed by atoms with Crippen molar-refractivity contribution in [2.45, 2.75) is 217 Å². The topological polar surface area (TPSA) is 278 Å². The van der Waals surface area contributed by atoms with Gasteiger partial charge in [-0.2, -0.15) is 0 Å². The summed E-state index contributed by atoms with van der Waals surface area (Å²) in [4.78, 5) is 0. The first-order valence-electron chi connectivity index (χ1n) is 23.8. The maximum absolute atomic E-state index is 12.3. The Kier molecular flexibility index (Phi) is 14.9. The van der Waals surface area contributed by atoms with E-state index < -0.39 is 122 Å². The molecule has 7 aliphatic rings. The fourth-order valence-electron chi connectivity index (χ4n) is 14.4. The summed E-state index contributed by atoms with van der Waals surface area (Å²) in [5, 5.41) is 120. The first-order valence-corrected chi connectivity index (χ1v) is 23.8. The summed E-state index contributed by atoms with van der Waals surface area (Å²) >= 11 is 0. The van der Waals surface area contributed by atoms with Gasteiger partial charge in [0.1, 0.15) is 67.1 Å². The third-order valence-corrected chi connectivity index (χ3v) is 18.3.